The predicted octanol–water partition coefficient (Wildman–Crippen LogP) is 4.69. The van der Waals surface area contributed by atoms with E-state index in [1.807, 2.05) is 67.6 Å². The summed E-state index contributed by atoms with van der Waals surface area (Å²) in [6, 6.07) is 19.4. The molecule has 0 bridgehead atoms. The van der Waals surface area contributed by atoms with Crippen molar-refractivity contribution in [2.75, 3.05) is 0 Å². The number of amides is 1. The van der Waals surface area contributed by atoms with Crippen molar-refractivity contribution in [3.63, 3.8) is 0 Å². The first-order chi connectivity index (χ1) is 13.1. The van der Waals surface area contributed by atoms with Gasteiger partial charge in [-0.1, -0.05) is 62.4 Å². The first kappa shape index (κ1) is 18.6. The van der Waals surface area contributed by atoms with Crippen molar-refractivity contribution in [3.05, 3.63) is 72.4 Å². The van der Waals surface area contributed by atoms with E-state index in [9.17, 15) is 4.79 Å². The lowest BCUT2D eigenvalue weighted by molar-refractivity contribution is 0.0955. The van der Waals surface area contributed by atoms with Gasteiger partial charge in [0.05, 0.1) is 11.3 Å². The number of aromatic nitrogens is 2. The van der Waals surface area contributed by atoms with Gasteiger partial charge in [-0.25, -0.2) is 10.1 Å². The van der Waals surface area contributed by atoms with Crippen molar-refractivity contribution in [1.82, 2.24) is 15.2 Å². The van der Waals surface area contributed by atoms with Gasteiger partial charge in [0.15, 0.2) is 0 Å². The molecular formula is C22H24N4O. The van der Waals surface area contributed by atoms with Gasteiger partial charge in [-0.2, -0.15) is 10.2 Å². The van der Waals surface area contributed by atoms with Crippen molar-refractivity contribution in [3.8, 4) is 16.9 Å². The normalized spacial score (nSPS) is 12.6. The number of hydrogen-bond acceptors (Lipinski definition) is 3. The zero-order chi connectivity index (χ0) is 19.2. The molecule has 3 aromatic rings. The molecule has 138 valence electrons. The van der Waals surface area contributed by atoms with E-state index in [0.717, 1.165) is 23.4 Å². The SMILES string of the molecule is CC[C@@H](C)/C(C)=N\NC(=O)c1cn(-c2ccccc2)nc1-c1ccccc1. The number of hydrazone groups is 1. The predicted molar refractivity (Wildman–Crippen MR) is 109 cm³/mol. The molecule has 0 aliphatic rings. The van der Waals surface area contributed by atoms with Crippen LogP contribution in [0.5, 0.6) is 0 Å². The maximum Gasteiger partial charge on any atom is 0.275 e. The third-order valence-corrected chi connectivity index (χ3v) is 4.69. The highest BCUT2D eigenvalue weighted by Crippen LogP contribution is 2.23. The van der Waals surface area contributed by atoms with E-state index >= 15 is 0 Å². The van der Waals surface area contributed by atoms with E-state index in [1.54, 1.807) is 10.9 Å². The summed E-state index contributed by atoms with van der Waals surface area (Å²) < 4.78 is 1.72. The van der Waals surface area contributed by atoms with Crippen molar-refractivity contribution in [1.29, 1.82) is 0 Å². The summed E-state index contributed by atoms with van der Waals surface area (Å²) in [5.74, 6) is 0.0598. The molecule has 5 nitrogen and oxygen atoms in total. The number of carbonyl (C=O) groups is 1. The van der Waals surface area contributed by atoms with Crippen molar-refractivity contribution >= 4 is 11.6 Å². The molecule has 0 aliphatic heterocycles. The Hall–Kier alpha value is -3.21. The molecule has 1 atom stereocenters. The van der Waals surface area contributed by atoms with Crippen molar-refractivity contribution in [2.24, 2.45) is 11.0 Å². The second kappa shape index (κ2) is 8.45. The van der Waals surface area contributed by atoms with Gasteiger partial charge in [0.2, 0.25) is 0 Å². The summed E-state index contributed by atoms with van der Waals surface area (Å²) in [5, 5.41) is 8.93. The summed E-state index contributed by atoms with van der Waals surface area (Å²) in [5.41, 5.74) is 6.50. The summed E-state index contributed by atoms with van der Waals surface area (Å²) in [7, 11) is 0. The van der Waals surface area contributed by atoms with E-state index < -0.39 is 0 Å². The molecule has 1 heterocycles. The quantitative estimate of drug-likeness (QED) is 0.512. The van der Waals surface area contributed by atoms with Gasteiger partial charge in [0, 0.05) is 17.5 Å². The molecular weight excluding hydrogens is 336 g/mol. The van der Waals surface area contributed by atoms with E-state index in [2.05, 4.69) is 29.5 Å². The molecule has 0 unspecified atom stereocenters. The van der Waals surface area contributed by atoms with Crippen LogP contribution in [-0.2, 0) is 0 Å². The number of benzene rings is 2. The van der Waals surface area contributed by atoms with Crippen LogP contribution in [-0.4, -0.2) is 21.4 Å². The molecule has 27 heavy (non-hydrogen) atoms. The van der Waals surface area contributed by atoms with Gasteiger partial charge in [0.1, 0.15) is 5.69 Å². The molecule has 1 N–H and O–H groups in total. The van der Waals surface area contributed by atoms with Crippen LogP contribution in [0.4, 0.5) is 0 Å². The van der Waals surface area contributed by atoms with Crippen molar-refractivity contribution < 1.29 is 4.79 Å². The lowest BCUT2D eigenvalue weighted by atomic mass is 10.1. The number of para-hydroxylation sites is 1. The molecule has 1 amide bonds. The number of hydrogen-bond donors (Lipinski definition) is 1. The van der Waals surface area contributed by atoms with Gasteiger partial charge in [-0.3, -0.25) is 4.79 Å². The Morgan fingerprint density at radius 3 is 2.37 bits per heavy atom. The van der Waals surface area contributed by atoms with Crippen LogP contribution in [0.15, 0.2) is 72.0 Å². The fourth-order valence-electron chi connectivity index (χ4n) is 2.67. The highest BCUT2D eigenvalue weighted by molar-refractivity contribution is 6.00. The Bertz CT molecular complexity index is 929. The molecule has 0 aliphatic carbocycles. The Morgan fingerprint density at radius 2 is 1.74 bits per heavy atom. The zero-order valence-electron chi connectivity index (χ0n) is 15.9. The van der Waals surface area contributed by atoms with Gasteiger partial charge in [-0.05, 0) is 31.4 Å². The van der Waals surface area contributed by atoms with Crippen molar-refractivity contribution in [2.45, 2.75) is 27.2 Å². The van der Waals surface area contributed by atoms with E-state index in [1.165, 1.54) is 0 Å². The lowest BCUT2D eigenvalue weighted by Gasteiger charge is -2.08. The summed E-state index contributed by atoms with van der Waals surface area (Å²) in [6.07, 6.45) is 2.73. The van der Waals surface area contributed by atoms with Crippen LogP contribution in [0.1, 0.15) is 37.6 Å². The topological polar surface area (TPSA) is 59.3 Å². The second-order valence-electron chi connectivity index (χ2n) is 6.54. The Morgan fingerprint density at radius 1 is 1.11 bits per heavy atom. The second-order valence-corrected chi connectivity index (χ2v) is 6.54. The highest BCUT2D eigenvalue weighted by atomic mass is 16.2. The molecule has 0 spiro atoms. The zero-order valence-corrected chi connectivity index (χ0v) is 15.9. The fourth-order valence-corrected chi connectivity index (χ4v) is 2.67. The minimum atomic E-state index is -0.265. The van der Waals surface area contributed by atoms with Crippen LogP contribution in [0.2, 0.25) is 0 Å². The average molecular weight is 360 g/mol. The van der Waals surface area contributed by atoms with Crippen LogP contribution >= 0.6 is 0 Å². The molecule has 2 aromatic carbocycles. The van der Waals surface area contributed by atoms with E-state index in [0.29, 0.717) is 17.2 Å². The van der Waals surface area contributed by atoms with Gasteiger partial charge >= 0.3 is 0 Å². The largest absolute Gasteiger partial charge is 0.275 e. The van der Waals surface area contributed by atoms with Gasteiger partial charge < -0.3 is 0 Å². The van der Waals surface area contributed by atoms with E-state index in [-0.39, 0.29) is 5.91 Å². The third kappa shape index (κ3) is 4.31. The van der Waals surface area contributed by atoms with Crippen LogP contribution < -0.4 is 5.43 Å². The maximum absolute atomic E-state index is 12.8. The molecule has 0 saturated heterocycles. The molecule has 0 radical (unpaired) electrons. The van der Waals surface area contributed by atoms with Crippen LogP contribution in [0, 0.1) is 5.92 Å². The molecule has 0 saturated carbocycles. The molecule has 5 heteroatoms. The minimum Gasteiger partial charge on any atom is -0.267 e. The summed E-state index contributed by atoms with van der Waals surface area (Å²) in [6.45, 7) is 6.12. The van der Waals surface area contributed by atoms with Crippen LogP contribution in [0.25, 0.3) is 16.9 Å². The lowest BCUT2D eigenvalue weighted by Crippen LogP contribution is -2.21. The number of rotatable bonds is 6. The fraction of sp³-hybridized carbons (Fsp3) is 0.227. The minimum absolute atomic E-state index is 0.265. The number of nitrogens with one attached hydrogen (secondary N) is 1. The molecule has 3 rings (SSSR count). The first-order valence-corrected chi connectivity index (χ1v) is 9.15. The van der Waals surface area contributed by atoms with Gasteiger partial charge in [0.25, 0.3) is 5.91 Å². The monoisotopic (exact) mass is 360 g/mol. The summed E-state index contributed by atoms with van der Waals surface area (Å²) in [4.78, 5) is 12.8. The van der Waals surface area contributed by atoms with Crippen LogP contribution in [0.3, 0.4) is 0 Å². The highest BCUT2D eigenvalue weighted by Gasteiger charge is 2.18. The third-order valence-electron chi connectivity index (χ3n) is 4.69. The number of carbonyl (C=O) groups excluding carboxylic acids is 1. The Labute approximate surface area is 159 Å². The standard InChI is InChI=1S/C22H24N4O/c1-4-16(2)17(3)23-24-22(27)20-15-26(19-13-9-6-10-14-19)25-21(20)18-11-7-5-8-12-18/h5-16H,4H2,1-3H3,(H,24,27)/b23-17-/t16-/m1/s1. The maximum atomic E-state index is 12.8. The summed E-state index contributed by atoms with van der Waals surface area (Å²) >= 11 is 0. The van der Waals surface area contributed by atoms with E-state index in [4.69, 9.17) is 0 Å². The van der Waals surface area contributed by atoms with Gasteiger partial charge in [-0.15, -0.1) is 0 Å². The molecule has 0 fully saturated rings. The smallest absolute Gasteiger partial charge is 0.267 e. The number of nitrogens with zero attached hydrogens (tertiary/aromatic N) is 3. The first-order valence-electron chi connectivity index (χ1n) is 9.15. The molecule has 1 aromatic heterocycles. The average Bonchev–Trinajstić information content (AvgIpc) is 3.18. The Kier molecular flexibility index (Phi) is 5.81. The Balaban J connectivity index is 1.98.